The highest BCUT2D eigenvalue weighted by atomic mass is 32.2. The summed E-state index contributed by atoms with van der Waals surface area (Å²) >= 11 is 0. The second-order valence-corrected chi connectivity index (χ2v) is 19.9. The topological polar surface area (TPSA) is 219 Å². The van der Waals surface area contributed by atoms with E-state index in [1.807, 2.05) is 31.2 Å². The second kappa shape index (κ2) is 16.2. The number of amides is 6. The van der Waals surface area contributed by atoms with Gasteiger partial charge in [-0.2, -0.15) is 0 Å². The molecule has 0 spiro atoms. The molecule has 0 radical (unpaired) electrons. The molecule has 0 unspecified atom stereocenters. The van der Waals surface area contributed by atoms with Crippen LogP contribution in [0.5, 0.6) is 0 Å². The van der Waals surface area contributed by atoms with Gasteiger partial charge in [-0.25, -0.2) is 18.0 Å². The van der Waals surface area contributed by atoms with Crippen LogP contribution in [0.1, 0.15) is 97.3 Å². The lowest BCUT2D eigenvalue weighted by Gasteiger charge is -2.36. The number of nitrogens with zero attached hydrogens (tertiary/aromatic N) is 2. The summed E-state index contributed by atoms with van der Waals surface area (Å²) in [4.78, 5) is 86.1. The van der Waals surface area contributed by atoms with Gasteiger partial charge in [-0.1, -0.05) is 64.5 Å². The van der Waals surface area contributed by atoms with Gasteiger partial charge in [-0.3, -0.25) is 28.8 Å². The van der Waals surface area contributed by atoms with E-state index >= 15 is 0 Å². The molecule has 2 aliphatic carbocycles. The van der Waals surface area contributed by atoms with E-state index in [4.69, 9.17) is 14.2 Å². The van der Waals surface area contributed by atoms with E-state index in [1.165, 1.54) is 9.80 Å². The summed E-state index contributed by atoms with van der Waals surface area (Å²) in [5, 5.41) is 7.48. The van der Waals surface area contributed by atoms with Gasteiger partial charge in [-0.05, 0) is 68.1 Å². The van der Waals surface area contributed by atoms with E-state index < -0.39 is 91.9 Å². The van der Waals surface area contributed by atoms with Crippen molar-refractivity contribution in [1.82, 2.24) is 30.5 Å². The molecule has 0 aromatic heterocycles. The Kier molecular flexibility index (Phi) is 11.9. The van der Waals surface area contributed by atoms with E-state index in [0.29, 0.717) is 19.3 Å². The van der Waals surface area contributed by atoms with Crippen molar-refractivity contribution in [2.75, 3.05) is 19.8 Å². The minimum atomic E-state index is -3.92. The lowest BCUT2D eigenvalue weighted by atomic mass is 9.85. The Labute approximate surface area is 339 Å². The van der Waals surface area contributed by atoms with Crippen LogP contribution in [-0.4, -0.2) is 114 Å². The van der Waals surface area contributed by atoms with Crippen LogP contribution >= 0.6 is 0 Å². The van der Waals surface area contributed by atoms with Gasteiger partial charge < -0.3 is 35.1 Å². The molecule has 18 heteroatoms. The fourth-order valence-corrected chi connectivity index (χ4v) is 9.10. The molecular weight excluding hydrogens is 773 g/mol. The summed E-state index contributed by atoms with van der Waals surface area (Å²) < 4.78 is 44.9. The molecule has 6 amide bonds. The zero-order chi connectivity index (χ0) is 42.4. The van der Waals surface area contributed by atoms with Gasteiger partial charge in [0.2, 0.25) is 27.7 Å². The maximum absolute atomic E-state index is 14.8. The first-order valence-electron chi connectivity index (χ1n) is 19.9. The van der Waals surface area contributed by atoms with Crippen LogP contribution in [-0.2, 0) is 56.5 Å². The minimum absolute atomic E-state index is 0.0635. The number of carbonyl (C=O) groups excluding carboxylic acids is 6. The lowest BCUT2D eigenvalue weighted by Crippen LogP contribution is -2.62. The normalized spacial score (nSPS) is 28.6. The molecule has 1 saturated heterocycles. The van der Waals surface area contributed by atoms with E-state index in [1.54, 1.807) is 47.6 Å². The zero-order valence-electron chi connectivity index (χ0n) is 34.2. The maximum atomic E-state index is 14.8. The van der Waals surface area contributed by atoms with E-state index in [-0.39, 0.29) is 51.6 Å². The zero-order valence-corrected chi connectivity index (χ0v) is 35.0. The number of ether oxygens (including phenoxy) is 3. The number of hydrogen-bond donors (Lipinski definition) is 4. The molecule has 3 heterocycles. The van der Waals surface area contributed by atoms with Crippen molar-refractivity contribution in [3.05, 3.63) is 41.0 Å². The molecule has 5 aliphatic rings. The number of benzene rings is 1. The average Bonchev–Trinajstić information content (AvgIpc) is 4.01. The number of sulfonamides is 1. The van der Waals surface area contributed by atoms with Crippen LogP contribution in [0.15, 0.2) is 24.3 Å². The largest absolute Gasteiger partial charge is 0.444 e. The molecule has 3 aliphatic heterocycles. The fraction of sp³-hybridized carbons (Fsp3) is 0.650. The third-order valence-electron chi connectivity index (χ3n) is 11.1. The number of fused-ring (bicyclic) bond motifs is 3. The fourth-order valence-electron chi connectivity index (χ4n) is 7.74. The van der Waals surface area contributed by atoms with Crippen molar-refractivity contribution in [3.8, 4) is 0 Å². The van der Waals surface area contributed by atoms with Gasteiger partial charge in [-0.15, -0.1) is 0 Å². The van der Waals surface area contributed by atoms with Crippen molar-refractivity contribution >= 4 is 51.9 Å². The van der Waals surface area contributed by atoms with E-state index in [2.05, 4.69) is 20.7 Å². The predicted octanol–water partition coefficient (Wildman–Crippen LogP) is 2.47. The molecule has 58 heavy (non-hydrogen) atoms. The lowest BCUT2D eigenvalue weighted by molar-refractivity contribution is -0.145. The highest BCUT2D eigenvalue weighted by Crippen LogP contribution is 2.47. The molecule has 318 valence electrons. The first-order valence-corrected chi connectivity index (χ1v) is 21.5. The van der Waals surface area contributed by atoms with E-state index in [0.717, 1.165) is 16.7 Å². The van der Waals surface area contributed by atoms with Crippen molar-refractivity contribution in [1.29, 1.82) is 0 Å². The molecule has 17 nitrogen and oxygen atoms in total. The monoisotopic (exact) mass is 828 g/mol. The van der Waals surface area contributed by atoms with Gasteiger partial charge in [0.15, 0.2) is 0 Å². The number of rotatable bonds is 7. The third kappa shape index (κ3) is 9.59. The first kappa shape index (κ1) is 42.9. The number of alkyl carbamates (subject to hydrolysis) is 1. The average molecular weight is 829 g/mol. The molecule has 3 fully saturated rings. The van der Waals surface area contributed by atoms with Crippen molar-refractivity contribution in [3.63, 3.8) is 0 Å². The molecule has 1 aromatic rings. The van der Waals surface area contributed by atoms with Crippen molar-refractivity contribution in [2.24, 2.45) is 11.3 Å². The molecule has 4 bridgehead atoms. The molecule has 6 rings (SSSR count). The summed E-state index contributed by atoms with van der Waals surface area (Å²) in [5.74, 6) is -3.34. The van der Waals surface area contributed by atoms with Gasteiger partial charge in [0.05, 0.1) is 31.6 Å². The van der Waals surface area contributed by atoms with Gasteiger partial charge in [0.25, 0.3) is 5.91 Å². The Bertz CT molecular complexity index is 1970. The Morgan fingerprint density at radius 3 is 2.41 bits per heavy atom. The van der Waals surface area contributed by atoms with Crippen LogP contribution in [0.25, 0.3) is 6.08 Å². The van der Waals surface area contributed by atoms with Crippen LogP contribution in [0.3, 0.4) is 0 Å². The van der Waals surface area contributed by atoms with Gasteiger partial charge in [0.1, 0.15) is 35.4 Å². The summed E-state index contributed by atoms with van der Waals surface area (Å²) in [6.07, 6.45) is 2.56. The van der Waals surface area contributed by atoms with Crippen molar-refractivity contribution < 1.29 is 51.4 Å². The van der Waals surface area contributed by atoms with Crippen LogP contribution in [0.4, 0.5) is 9.59 Å². The molecule has 6 atom stereocenters. The Hall–Kier alpha value is -4.71. The Morgan fingerprint density at radius 2 is 1.78 bits per heavy atom. The number of nitrogens with one attached hydrogen (secondary N) is 4. The third-order valence-corrected chi connectivity index (χ3v) is 13.0. The van der Waals surface area contributed by atoms with Crippen LogP contribution in [0.2, 0.25) is 0 Å². The molecule has 4 N–H and O–H groups in total. The summed E-state index contributed by atoms with van der Waals surface area (Å²) in [6.45, 7) is 12.1. The summed E-state index contributed by atoms with van der Waals surface area (Å²) in [6, 6.07) is 1.85. The summed E-state index contributed by atoms with van der Waals surface area (Å²) in [7, 11) is -3.92. The highest BCUT2D eigenvalue weighted by Gasteiger charge is 2.62. The summed E-state index contributed by atoms with van der Waals surface area (Å²) in [5.41, 5.74) is -0.667. The molecular formula is C40H56N6O11S. The van der Waals surface area contributed by atoms with Crippen LogP contribution in [0, 0.1) is 11.3 Å². The number of hydrogen-bond acceptors (Lipinski definition) is 11. The van der Waals surface area contributed by atoms with Gasteiger partial charge in [0, 0.05) is 13.0 Å². The molecule has 1 aromatic carbocycles. The minimum Gasteiger partial charge on any atom is -0.444 e. The van der Waals surface area contributed by atoms with Crippen LogP contribution < -0.4 is 20.7 Å². The Morgan fingerprint density at radius 1 is 1.05 bits per heavy atom. The first-order chi connectivity index (χ1) is 27.1. The maximum Gasteiger partial charge on any atom is 0.410 e. The van der Waals surface area contributed by atoms with E-state index in [9.17, 15) is 37.2 Å². The predicted molar refractivity (Wildman–Crippen MR) is 210 cm³/mol. The SMILES string of the molecule is CC[C@@H]1C[C@]1(NC(=O)[C@@H]1C[C@@H]2CN1C(=O)[C@H](C(C)(C)C)NC(=O)[C@@H](NC(=O)OC(C)(C)C)COC/C=C\c1cccc3c1CN(C3)C(=O)O2)C(=O)NS(=O)(=O)C1CC1. The molecule has 2 saturated carbocycles. The highest BCUT2D eigenvalue weighted by molar-refractivity contribution is 7.91. The van der Waals surface area contributed by atoms with Gasteiger partial charge >= 0.3 is 12.2 Å². The smallest absolute Gasteiger partial charge is 0.410 e. The Balaban J connectivity index is 1.32. The quantitative estimate of drug-likeness (QED) is 0.313. The second-order valence-electron chi connectivity index (χ2n) is 18.0. The standard InChI is InChI=1S/C40H56N6O11S/c1-8-25-18-40(25,35(50)44-58(53,54)27-14-15-27)43-33(48)30-17-26-20-46(30)34(49)31(38(2,3)4)42-32(47)29(41-36(51)57-39(5,6)7)22-55-16-10-13-23-11-9-12-24-19-45(21-28(23)24)37(52)56-26/h9-13,25-27,29-31H,8,14-22H2,1-7H3,(H,41,51)(H,42,47)(H,43,48)(H,44,50)/b13-10-/t25-,26-,29+,30+,31-,40-/m1/s1. The number of carbonyl (C=O) groups is 6. The van der Waals surface area contributed by atoms with Crippen molar-refractivity contribution in [2.45, 2.75) is 134 Å².